The largest absolute Gasteiger partial charge is 0.474 e. The molecule has 0 spiro atoms. The van der Waals surface area contributed by atoms with Gasteiger partial charge in [0.05, 0.1) is 10.6 Å². The summed E-state index contributed by atoms with van der Waals surface area (Å²) in [5.41, 5.74) is 0.414. The van der Waals surface area contributed by atoms with Crippen LogP contribution in [0.15, 0.2) is 53.6 Å². The third-order valence-electron chi connectivity index (χ3n) is 6.27. The zero-order chi connectivity index (χ0) is 21.6. The number of aromatic nitrogens is 1. The quantitative estimate of drug-likeness (QED) is 0.662. The summed E-state index contributed by atoms with van der Waals surface area (Å²) in [7, 11) is -3.69. The fourth-order valence-corrected chi connectivity index (χ4v) is 6.81. The Morgan fingerprint density at radius 3 is 2.13 bits per heavy atom. The van der Waals surface area contributed by atoms with Crippen LogP contribution in [0.1, 0.15) is 38.5 Å². The van der Waals surface area contributed by atoms with E-state index in [1.165, 1.54) is 24.3 Å². The van der Waals surface area contributed by atoms with E-state index in [0.29, 0.717) is 24.4 Å². The summed E-state index contributed by atoms with van der Waals surface area (Å²) >= 11 is 0. The van der Waals surface area contributed by atoms with Crippen molar-refractivity contribution >= 4 is 27.5 Å². The molecule has 2 aromatic rings. The summed E-state index contributed by atoms with van der Waals surface area (Å²) in [5, 5.41) is 0. The number of amides is 2. The van der Waals surface area contributed by atoms with Crippen molar-refractivity contribution < 1.29 is 22.7 Å². The molecule has 0 N–H and O–H groups in total. The lowest BCUT2D eigenvalue weighted by Gasteiger charge is -2.37. The lowest BCUT2D eigenvalue weighted by Crippen LogP contribution is -2.49. The average Bonchev–Trinajstić information content (AvgIpc) is 3.25. The second-order valence-electron chi connectivity index (χ2n) is 8.22. The minimum absolute atomic E-state index is 0.0617. The first-order chi connectivity index (χ1) is 14.9. The third-order valence-corrected chi connectivity index (χ3v) is 8.29. The summed E-state index contributed by atoms with van der Waals surface area (Å²) in [4.78, 5) is 29.4. The molecule has 9 heteroatoms. The molecule has 0 aliphatic carbocycles. The van der Waals surface area contributed by atoms with Crippen LogP contribution >= 0.6 is 0 Å². The number of sulfonamides is 1. The highest BCUT2D eigenvalue weighted by atomic mass is 32.2. The maximum absolute atomic E-state index is 13.4. The molecular formula is C22H23N3O5S. The van der Waals surface area contributed by atoms with Crippen LogP contribution in [0.25, 0.3) is 0 Å². The molecule has 1 aromatic heterocycles. The molecule has 0 saturated carbocycles. The first-order valence-corrected chi connectivity index (χ1v) is 11.9. The second-order valence-corrected chi connectivity index (χ2v) is 10.1. The Kier molecular flexibility index (Phi) is 5.02. The first-order valence-electron chi connectivity index (χ1n) is 10.5. The molecule has 5 rings (SSSR count). The number of piperidine rings is 1. The van der Waals surface area contributed by atoms with Gasteiger partial charge in [0.25, 0.3) is 0 Å². The van der Waals surface area contributed by atoms with Crippen molar-refractivity contribution in [1.29, 1.82) is 0 Å². The molecule has 2 atom stereocenters. The first kappa shape index (κ1) is 20.1. The van der Waals surface area contributed by atoms with Gasteiger partial charge in [-0.2, -0.15) is 4.31 Å². The van der Waals surface area contributed by atoms with Gasteiger partial charge in [-0.3, -0.25) is 14.5 Å². The Morgan fingerprint density at radius 1 is 0.903 bits per heavy atom. The molecule has 3 aliphatic heterocycles. The van der Waals surface area contributed by atoms with Crippen LogP contribution in [0.4, 0.5) is 5.69 Å². The number of benzene rings is 1. The summed E-state index contributed by atoms with van der Waals surface area (Å²) < 4.78 is 34.4. The van der Waals surface area contributed by atoms with E-state index < -0.39 is 10.0 Å². The maximum Gasteiger partial charge on any atom is 0.243 e. The van der Waals surface area contributed by atoms with Crippen LogP contribution in [-0.4, -0.2) is 47.7 Å². The molecule has 1 aromatic carbocycles. The molecule has 31 heavy (non-hydrogen) atoms. The normalized spacial score (nSPS) is 26.5. The van der Waals surface area contributed by atoms with Crippen LogP contribution in [-0.2, 0) is 19.6 Å². The molecule has 2 amide bonds. The van der Waals surface area contributed by atoms with E-state index in [-0.39, 0.29) is 47.7 Å². The van der Waals surface area contributed by atoms with Gasteiger partial charge in [0, 0.05) is 50.0 Å². The number of ether oxygens (including phenoxy) is 1. The number of anilines is 1. The fourth-order valence-electron chi connectivity index (χ4n) is 4.91. The van der Waals surface area contributed by atoms with Gasteiger partial charge in [0.1, 0.15) is 6.10 Å². The SMILES string of the molecule is O=C1CCC(=O)N1c1ccc(S(=O)(=O)N2C3CCC2CC(Oc2ccccn2)C3)cc1. The Bertz CT molecular complexity index is 1070. The monoisotopic (exact) mass is 441 g/mol. The van der Waals surface area contributed by atoms with Crippen molar-refractivity contribution in [2.75, 3.05) is 4.90 Å². The molecule has 2 unspecified atom stereocenters. The van der Waals surface area contributed by atoms with E-state index in [9.17, 15) is 18.0 Å². The number of pyridine rings is 1. The van der Waals surface area contributed by atoms with Crippen LogP contribution < -0.4 is 9.64 Å². The van der Waals surface area contributed by atoms with Crippen LogP contribution in [0.3, 0.4) is 0 Å². The average molecular weight is 442 g/mol. The number of fused-ring (bicyclic) bond motifs is 2. The van der Waals surface area contributed by atoms with Gasteiger partial charge in [-0.15, -0.1) is 0 Å². The Morgan fingerprint density at radius 2 is 1.55 bits per heavy atom. The van der Waals surface area contributed by atoms with Crippen LogP contribution in [0.2, 0.25) is 0 Å². The smallest absolute Gasteiger partial charge is 0.243 e. The van der Waals surface area contributed by atoms with E-state index in [1.807, 2.05) is 18.2 Å². The number of carbonyl (C=O) groups is 2. The summed E-state index contributed by atoms with van der Waals surface area (Å²) in [5.74, 6) is 0.0482. The van der Waals surface area contributed by atoms with E-state index in [1.54, 1.807) is 10.5 Å². The molecule has 3 aliphatic rings. The molecule has 0 radical (unpaired) electrons. The third kappa shape index (κ3) is 3.61. The number of carbonyl (C=O) groups excluding carboxylic acids is 2. The van der Waals surface area contributed by atoms with Crippen molar-refractivity contribution in [1.82, 2.24) is 9.29 Å². The predicted octanol–water partition coefficient (Wildman–Crippen LogP) is 2.50. The number of hydrogen-bond donors (Lipinski definition) is 0. The Balaban J connectivity index is 1.33. The summed E-state index contributed by atoms with van der Waals surface area (Å²) in [6, 6.07) is 11.3. The molecular weight excluding hydrogens is 418 g/mol. The fraction of sp³-hybridized carbons (Fsp3) is 0.409. The topological polar surface area (TPSA) is 96.9 Å². The Labute approximate surface area is 180 Å². The number of rotatable bonds is 5. The molecule has 3 saturated heterocycles. The predicted molar refractivity (Wildman–Crippen MR) is 112 cm³/mol. The van der Waals surface area contributed by atoms with Crippen molar-refractivity contribution in [2.24, 2.45) is 0 Å². The Hall–Kier alpha value is -2.78. The molecule has 3 fully saturated rings. The number of imide groups is 1. The van der Waals surface area contributed by atoms with Crippen molar-refractivity contribution in [3.8, 4) is 5.88 Å². The zero-order valence-electron chi connectivity index (χ0n) is 16.9. The van der Waals surface area contributed by atoms with Crippen molar-refractivity contribution in [3.63, 3.8) is 0 Å². The highest BCUT2D eigenvalue weighted by molar-refractivity contribution is 7.89. The molecule has 162 valence electrons. The van der Waals surface area contributed by atoms with Gasteiger partial charge in [0.2, 0.25) is 27.7 Å². The van der Waals surface area contributed by atoms with Gasteiger partial charge >= 0.3 is 0 Å². The molecule has 2 bridgehead atoms. The van der Waals surface area contributed by atoms with Gasteiger partial charge < -0.3 is 4.74 Å². The lowest BCUT2D eigenvalue weighted by atomic mass is 10.0. The molecule has 4 heterocycles. The van der Waals surface area contributed by atoms with Crippen LogP contribution in [0, 0.1) is 0 Å². The van der Waals surface area contributed by atoms with Gasteiger partial charge in [-0.25, -0.2) is 13.4 Å². The van der Waals surface area contributed by atoms with Gasteiger partial charge in [-0.1, -0.05) is 6.07 Å². The number of hydrogen-bond acceptors (Lipinski definition) is 6. The van der Waals surface area contributed by atoms with E-state index in [4.69, 9.17) is 4.74 Å². The van der Waals surface area contributed by atoms with E-state index >= 15 is 0 Å². The minimum atomic E-state index is -3.69. The van der Waals surface area contributed by atoms with E-state index in [2.05, 4.69) is 4.98 Å². The summed E-state index contributed by atoms with van der Waals surface area (Å²) in [6.45, 7) is 0. The van der Waals surface area contributed by atoms with Gasteiger partial charge in [-0.05, 0) is 43.2 Å². The minimum Gasteiger partial charge on any atom is -0.474 e. The van der Waals surface area contributed by atoms with Crippen molar-refractivity contribution in [3.05, 3.63) is 48.7 Å². The lowest BCUT2D eigenvalue weighted by molar-refractivity contribution is -0.121. The molecule has 8 nitrogen and oxygen atoms in total. The highest BCUT2D eigenvalue weighted by Gasteiger charge is 2.48. The van der Waals surface area contributed by atoms with Crippen molar-refractivity contribution in [2.45, 2.75) is 61.6 Å². The maximum atomic E-state index is 13.4. The second kappa shape index (κ2) is 7.72. The highest BCUT2D eigenvalue weighted by Crippen LogP contribution is 2.41. The standard InChI is InChI=1S/C22H23N3O5S/c26-21-10-11-22(27)24(21)15-6-8-19(9-7-15)31(28,29)25-16-4-5-17(25)14-18(13-16)30-20-3-1-2-12-23-20/h1-3,6-9,12,16-18H,4-5,10-11,13-14H2. The zero-order valence-corrected chi connectivity index (χ0v) is 17.7. The van der Waals surface area contributed by atoms with Crippen LogP contribution in [0.5, 0.6) is 5.88 Å². The van der Waals surface area contributed by atoms with E-state index in [0.717, 1.165) is 17.7 Å². The van der Waals surface area contributed by atoms with Gasteiger partial charge in [0.15, 0.2) is 0 Å². The summed E-state index contributed by atoms with van der Waals surface area (Å²) in [6.07, 6.45) is 4.86. The number of nitrogens with zero attached hydrogens (tertiary/aromatic N) is 3.